The van der Waals surface area contributed by atoms with Gasteiger partial charge in [-0.3, -0.25) is 0 Å². The highest BCUT2D eigenvalue weighted by molar-refractivity contribution is 6.31. The maximum Gasteiger partial charge on any atom is 0.161 e. The number of nitrogens with two attached hydrogens (primary N) is 1. The van der Waals surface area contributed by atoms with E-state index in [1.165, 1.54) is 0 Å². The summed E-state index contributed by atoms with van der Waals surface area (Å²) in [7, 11) is 1.57. The van der Waals surface area contributed by atoms with Crippen molar-refractivity contribution in [3.05, 3.63) is 22.7 Å². The molecule has 0 bridgehead atoms. The van der Waals surface area contributed by atoms with E-state index in [0.29, 0.717) is 17.2 Å². The molecule has 0 saturated heterocycles. The molecule has 1 atom stereocenters. The van der Waals surface area contributed by atoms with Gasteiger partial charge >= 0.3 is 0 Å². The van der Waals surface area contributed by atoms with Gasteiger partial charge in [0.2, 0.25) is 0 Å². The number of nitrogens with zero attached hydrogens (tertiary/aromatic N) is 1. The van der Waals surface area contributed by atoms with E-state index >= 15 is 0 Å². The molecule has 0 saturated carbocycles. The van der Waals surface area contributed by atoms with Gasteiger partial charge < -0.3 is 21.0 Å². The lowest BCUT2D eigenvalue weighted by Crippen LogP contribution is -2.35. The normalized spacial score (nSPS) is 13.2. The minimum absolute atomic E-state index is 0.132. The van der Waals surface area contributed by atoms with Crippen LogP contribution in [0.25, 0.3) is 0 Å². The van der Waals surface area contributed by atoms with E-state index < -0.39 is 0 Å². The summed E-state index contributed by atoms with van der Waals surface area (Å²) in [5.74, 6) is 0.752. The summed E-state index contributed by atoms with van der Waals surface area (Å²) in [4.78, 5) is 0. The third-order valence-electron chi connectivity index (χ3n) is 2.69. The number of rotatable bonds is 5. The first-order valence-electron chi connectivity index (χ1n) is 5.61. The van der Waals surface area contributed by atoms with Crippen molar-refractivity contribution in [1.82, 2.24) is 0 Å². The molecule has 0 aliphatic carbocycles. The van der Waals surface area contributed by atoms with Gasteiger partial charge in [0.1, 0.15) is 5.75 Å². The highest BCUT2D eigenvalue weighted by Crippen LogP contribution is 2.31. The van der Waals surface area contributed by atoms with E-state index in [1.807, 2.05) is 19.9 Å². The second kappa shape index (κ2) is 6.35. The predicted octanol–water partition coefficient (Wildman–Crippen LogP) is 2.59. The molecule has 100 valence electrons. The summed E-state index contributed by atoms with van der Waals surface area (Å²) in [5.41, 5.74) is 7.29. The van der Waals surface area contributed by atoms with Crippen LogP contribution in [0.3, 0.4) is 0 Å². The SMILES string of the molecule is CCC(Nc1cc(C)c(Cl)cc1OC)C(N)=NO. The maximum absolute atomic E-state index is 8.71. The molecule has 1 aromatic carbocycles. The third kappa shape index (κ3) is 3.20. The first-order valence-corrected chi connectivity index (χ1v) is 5.99. The molecule has 5 nitrogen and oxygen atoms in total. The smallest absolute Gasteiger partial charge is 0.161 e. The van der Waals surface area contributed by atoms with E-state index in [1.54, 1.807) is 13.2 Å². The van der Waals surface area contributed by atoms with Crippen molar-refractivity contribution in [3.63, 3.8) is 0 Å². The lowest BCUT2D eigenvalue weighted by atomic mass is 10.1. The summed E-state index contributed by atoms with van der Waals surface area (Å²) in [6, 6.07) is 3.34. The van der Waals surface area contributed by atoms with Crippen molar-refractivity contribution in [2.75, 3.05) is 12.4 Å². The molecule has 6 heteroatoms. The highest BCUT2D eigenvalue weighted by Gasteiger charge is 2.15. The van der Waals surface area contributed by atoms with Gasteiger partial charge in [-0.15, -0.1) is 0 Å². The molecule has 4 N–H and O–H groups in total. The predicted molar refractivity (Wildman–Crippen MR) is 73.9 cm³/mol. The summed E-state index contributed by atoms with van der Waals surface area (Å²) in [6.07, 6.45) is 0.681. The minimum Gasteiger partial charge on any atom is -0.495 e. The average Bonchev–Trinajstić information content (AvgIpc) is 2.38. The number of ether oxygens (including phenoxy) is 1. The fraction of sp³-hybridized carbons (Fsp3) is 0.417. The zero-order valence-corrected chi connectivity index (χ0v) is 11.5. The molecule has 0 spiro atoms. The van der Waals surface area contributed by atoms with E-state index in [9.17, 15) is 0 Å². The number of benzene rings is 1. The Morgan fingerprint density at radius 3 is 2.78 bits per heavy atom. The molecule has 0 aliphatic rings. The molecule has 0 fully saturated rings. The number of amidine groups is 1. The number of oxime groups is 1. The van der Waals surface area contributed by atoms with Crippen LogP contribution < -0.4 is 15.8 Å². The summed E-state index contributed by atoms with van der Waals surface area (Å²) in [6.45, 7) is 3.84. The summed E-state index contributed by atoms with van der Waals surface area (Å²) < 4.78 is 5.25. The van der Waals surface area contributed by atoms with Gasteiger partial charge in [-0.1, -0.05) is 23.7 Å². The molecule has 0 radical (unpaired) electrons. The average molecular weight is 272 g/mol. The fourth-order valence-electron chi connectivity index (χ4n) is 1.59. The van der Waals surface area contributed by atoms with Crippen LogP contribution in [-0.2, 0) is 0 Å². The van der Waals surface area contributed by atoms with Gasteiger partial charge in [-0.05, 0) is 25.0 Å². The molecule has 0 aliphatic heterocycles. The third-order valence-corrected chi connectivity index (χ3v) is 3.10. The first kappa shape index (κ1) is 14.4. The number of anilines is 1. The Bertz CT molecular complexity index is 449. The molecule has 1 aromatic rings. The number of methoxy groups -OCH3 is 1. The topological polar surface area (TPSA) is 79.9 Å². The highest BCUT2D eigenvalue weighted by atomic mass is 35.5. The fourth-order valence-corrected chi connectivity index (χ4v) is 1.74. The first-order chi connectivity index (χ1) is 8.53. The van der Waals surface area contributed by atoms with Crippen LogP contribution in [0, 0.1) is 6.92 Å². The van der Waals surface area contributed by atoms with Crippen molar-refractivity contribution < 1.29 is 9.94 Å². The molecule has 0 amide bonds. The summed E-state index contributed by atoms with van der Waals surface area (Å²) in [5, 5.41) is 15.5. The Labute approximate surface area is 112 Å². The number of hydrogen-bond donors (Lipinski definition) is 3. The Kier molecular flexibility index (Phi) is 5.09. The molecule has 0 heterocycles. The van der Waals surface area contributed by atoms with Crippen molar-refractivity contribution in [1.29, 1.82) is 0 Å². The largest absolute Gasteiger partial charge is 0.495 e. The van der Waals surface area contributed by atoms with Crippen molar-refractivity contribution in [3.8, 4) is 5.75 Å². The maximum atomic E-state index is 8.71. The van der Waals surface area contributed by atoms with E-state index in [2.05, 4.69) is 10.5 Å². The minimum atomic E-state index is -0.260. The van der Waals surface area contributed by atoms with Gasteiger partial charge in [0, 0.05) is 11.1 Å². The van der Waals surface area contributed by atoms with Gasteiger partial charge in [0.05, 0.1) is 18.8 Å². The number of halogens is 1. The van der Waals surface area contributed by atoms with Gasteiger partial charge in [0.15, 0.2) is 5.84 Å². The lowest BCUT2D eigenvalue weighted by Gasteiger charge is -2.19. The monoisotopic (exact) mass is 271 g/mol. The van der Waals surface area contributed by atoms with Crippen LogP contribution >= 0.6 is 11.6 Å². The van der Waals surface area contributed by atoms with Crippen molar-refractivity contribution in [2.24, 2.45) is 10.9 Å². The van der Waals surface area contributed by atoms with E-state index in [-0.39, 0.29) is 11.9 Å². The molecule has 18 heavy (non-hydrogen) atoms. The standard InChI is InChI=1S/C12H18ClN3O2/c1-4-9(12(14)16-17)15-10-5-7(2)8(13)6-11(10)18-3/h5-6,9,15,17H,4H2,1-3H3,(H2,14,16). The lowest BCUT2D eigenvalue weighted by molar-refractivity contribution is 0.316. The quantitative estimate of drug-likeness (QED) is 0.333. The molecule has 0 aromatic heterocycles. The molecular formula is C12H18ClN3O2. The molecule has 1 rings (SSSR count). The number of nitrogens with one attached hydrogen (secondary N) is 1. The van der Waals surface area contributed by atoms with Crippen molar-refractivity contribution >= 4 is 23.1 Å². The van der Waals surface area contributed by atoms with Crippen LogP contribution in [0.1, 0.15) is 18.9 Å². The Balaban J connectivity index is 3.05. The molecular weight excluding hydrogens is 254 g/mol. The van der Waals surface area contributed by atoms with E-state index in [4.69, 9.17) is 27.3 Å². The van der Waals surface area contributed by atoms with Gasteiger partial charge in [-0.2, -0.15) is 0 Å². The van der Waals surface area contributed by atoms with Crippen LogP contribution in [0.15, 0.2) is 17.3 Å². The Morgan fingerprint density at radius 2 is 2.28 bits per heavy atom. The van der Waals surface area contributed by atoms with Crippen LogP contribution in [0.5, 0.6) is 5.75 Å². The number of aryl methyl sites for hydroxylation is 1. The van der Waals surface area contributed by atoms with Crippen LogP contribution in [0.4, 0.5) is 5.69 Å². The van der Waals surface area contributed by atoms with Gasteiger partial charge in [-0.25, -0.2) is 0 Å². The Hall–Kier alpha value is -1.62. The number of hydrogen-bond acceptors (Lipinski definition) is 4. The second-order valence-corrected chi connectivity index (χ2v) is 4.34. The van der Waals surface area contributed by atoms with Crippen LogP contribution in [-0.4, -0.2) is 24.2 Å². The zero-order valence-electron chi connectivity index (χ0n) is 10.7. The summed E-state index contributed by atoms with van der Waals surface area (Å²) >= 11 is 6.03. The van der Waals surface area contributed by atoms with Gasteiger partial charge in [0.25, 0.3) is 0 Å². The van der Waals surface area contributed by atoms with Crippen LogP contribution in [0.2, 0.25) is 5.02 Å². The molecule has 1 unspecified atom stereocenters. The van der Waals surface area contributed by atoms with E-state index in [0.717, 1.165) is 11.3 Å². The second-order valence-electron chi connectivity index (χ2n) is 3.93. The Morgan fingerprint density at radius 1 is 1.61 bits per heavy atom. The zero-order chi connectivity index (χ0) is 13.7. The van der Waals surface area contributed by atoms with Crippen molar-refractivity contribution in [2.45, 2.75) is 26.3 Å².